The van der Waals surface area contributed by atoms with Gasteiger partial charge in [-0.3, -0.25) is 9.69 Å². The van der Waals surface area contributed by atoms with E-state index in [0.29, 0.717) is 26.2 Å². The van der Waals surface area contributed by atoms with Gasteiger partial charge in [0.05, 0.1) is 6.42 Å². The second kappa shape index (κ2) is 8.27. The van der Waals surface area contributed by atoms with E-state index >= 15 is 0 Å². The van der Waals surface area contributed by atoms with Gasteiger partial charge in [-0.05, 0) is 38.1 Å². The van der Waals surface area contributed by atoms with E-state index in [4.69, 9.17) is 9.47 Å². The van der Waals surface area contributed by atoms with Crippen molar-refractivity contribution in [2.75, 3.05) is 52.5 Å². The third kappa shape index (κ3) is 4.68. The number of carbonyl (C=O) groups excluding carboxylic acids is 1. The van der Waals surface area contributed by atoms with Crippen LogP contribution in [-0.2, 0) is 11.2 Å². The Morgan fingerprint density at radius 3 is 2.50 bits per heavy atom. The molecule has 1 saturated heterocycles. The van der Waals surface area contributed by atoms with Crippen molar-refractivity contribution < 1.29 is 14.3 Å². The summed E-state index contributed by atoms with van der Waals surface area (Å²) < 4.78 is 11.1. The Hall–Kier alpha value is -1.79. The molecule has 1 amide bonds. The molecule has 26 heavy (non-hydrogen) atoms. The van der Waals surface area contributed by atoms with Gasteiger partial charge in [0.15, 0.2) is 11.5 Å². The number of fused-ring (bicyclic) bond motifs is 1. The third-order valence-electron chi connectivity index (χ3n) is 5.37. The molecule has 2 aliphatic rings. The summed E-state index contributed by atoms with van der Waals surface area (Å²) in [5.74, 6) is 1.53. The maximum absolute atomic E-state index is 12.4. The van der Waals surface area contributed by atoms with Crippen LogP contribution in [0.4, 0.5) is 0 Å². The molecule has 0 spiro atoms. The molecule has 3 rings (SSSR count). The smallest absolute Gasteiger partial charge is 0.224 e. The van der Waals surface area contributed by atoms with Crippen LogP contribution in [0.15, 0.2) is 18.2 Å². The van der Waals surface area contributed by atoms with Gasteiger partial charge in [-0.1, -0.05) is 13.0 Å². The number of ether oxygens (including phenoxy) is 2. The average Bonchev–Trinajstić information content (AvgIpc) is 2.66. The predicted molar refractivity (Wildman–Crippen MR) is 102 cm³/mol. The predicted octanol–water partition coefficient (Wildman–Crippen LogP) is 1.53. The van der Waals surface area contributed by atoms with Gasteiger partial charge < -0.3 is 19.7 Å². The highest BCUT2D eigenvalue weighted by Gasteiger charge is 2.29. The summed E-state index contributed by atoms with van der Waals surface area (Å²) in [5, 5.41) is 3.11. The highest BCUT2D eigenvalue weighted by molar-refractivity contribution is 5.78. The number of nitrogens with zero attached hydrogens (tertiary/aromatic N) is 2. The van der Waals surface area contributed by atoms with Crippen LogP contribution in [0.2, 0.25) is 0 Å². The Labute approximate surface area is 156 Å². The minimum atomic E-state index is -0.0394. The third-order valence-corrected chi connectivity index (χ3v) is 5.37. The number of benzene rings is 1. The number of rotatable bonds is 6. The minimum absolute atomic E-state index is 0.0394. The van der Waals surface area contributed by atoms with Crippen molar-refractivity contribution in [2.24, 2.45) is 0 Å². The first-order chi connectivity index (χ1) is 12.5. The largest absolute Gasteiger partial charge is 0.486 e. The van der Waals surface area contributed by atoms with Crippen LogP contribution >= 0.6 is 0 Å². The lowest BCUT2D eigenvalue weighted by atomic mass is 10.0. The summed E-state index contributed by atoms with van der Waals surface area (Å²) in [4.78, 5) is 17.3. The van der Waals surface area contributed by atoms with Gasteiger partial charge in [-0.15, -0.1) is 0 Å². The topological polar surface area (TPSA) is 54.0 Å². The quantitative estimate of drug-likeness (QED) is 0.833. The molecule has 0 atom stereocenters. The van der Waals surface area contributed by atoms with Crippen LogP contribution in [0.25, 0.3) is 0 Å². The number of amides is 1. The molecule has 2 heterocycles. The van der Waals surface area contributed by atoms with E-state index in [1.807, 2.05) is 18.2 Å². The van der Waals surface area contributed by atoms with Crippen LogP contribution in [0.3, 0.4) is 0 Å². The van der Waals surface area contributed by atoms with Crippen molar-refractivity contribution in [2.45, 2.75) is 32.7 Å². The average molecular weight is 361 g/mol. The second-order valence-corrected chi connectivity index (χ2v) is 7.67. The molecule has 1 fully saturated rings. The van der Waals surface area contributed by atoms with Crippen molar-refractivity contribution in [3.8, 4) is 11.5 Å². The molecule has 144 valence electrons. The first-order valence-electron chi connectivity index (χ1n) is 9.60. The number of carbonyl (C=O) groups is 1. The van der Waals surface area contributed by atoms with Crippen LogP contribution < -0.4 is 14.8 Å². The Balaban J connectivity index is 1.49. The van der Waals surface area contributed by atoms with Crippen LogP contribution in [0.5, 0.6) is 11.5 Å². The molecule has 0 aliphatic carbocycles. The van der Waals surface area contributed by atoms with Gasteiger partial charge in [0.25, 0.3) is 0 Å². The molecule has 1 aromatic carbocycles. The highest BCUT2D eigenvalue weighted by Crippen LogP contribution is 2.30. The lowest BCUT2D eigenvalue weighted by Gasteiger charge is -2.44. The number of hydrogen-bond donors (Lipinski definition) is 1. The molecular weight excluding hydrogens is 330 g/mol. The van der Waals surface area contributed by atoms with E-state index in [0.717, 1.165) is 49.8 Å². The number of piperazine rings is 1. The summed E-state index contributed by atoms with van der Waals surface area (Å²) in [6.45, 7) is 13.8. The zero-order valence-corrected chi connectivity index (χ0v) is 16.2. The summed E-state index contributed by atoms with van der Waals surface area (Å²) >= 11 is 0. The van der Waals surface area contributed by atoms with E-state index in [-0.39, 0.29) is 11.4 Å². The fourth-order valence-electron chi connectivity index (χ4n) is 3.54. The van der Waals surface area contributed by atoms with E-state index in [9.17, 15) is 4.79 Å². The van der Waals surface area contributed by atoms with E-state index < -0.39 is 0 Å². The van der Waals surface area contributed by atoms with Gasteiger partial charge in [-0.2, -0.15) is 0 Å². The molecule has 1 N–H and O–H groups in total. The SMILES string of the molecule is CCN1CCN(C(C)(C)CNC(=O)Cc2ccc3c(c2)OCCO3)CC1. The van der Waals surface area contributed by atoms with Crippen molar-refractivity contribution in [3.63, 3.8) is 0 Å². The first kappa shape index (κ1) is 19.0. The lowest BCUT2D eigenvalue weighted by Crippen LogP contribution is -2.58. The molecule has 0 aromatic heterocycles. The van der Waals surface area contributed by atoms with Gasteiger partial charge in [-0.25, -0.2) is 0 Å². The van der Waals surface area contributed by atoms with Crippen molar-refractivity contribution >= 4 is 5.91 Å². The Morgan fingerprint density at radius 1 is 1.12 bits per heavy atom. The Morgan fingerprint density at radius 2 is 1.81 bits per heavy atom. The molecule has 0 bridgehead atoms. The molecule has 0 unspecified atom stereocenters. The summed E-state index contributed by atoms with van der Waals surface area (Å²) in [6, 6.07) is 5.72. The van der Waals surface area contributed by atoms with Gasteiger partial charge >= 0.3 is 0 Å². The monoisotopic (exact) mass is 361 g/mol. The Kier molecular flexibility index (Phi) is 6.04. The van der Waals surface area contributed by atoms with Gasteiger partial charge in [0, 0.05) is 38.3 Å². The van der Waals surface area contributed by atoms with Gasteiger partial charge in [0.1, 0.15) is 13.2 Å². The fraction of sp³-hybridized carbons (Fsp3) is 0.650. The van der Waals surface area contributed by atoms with Crippen LogP contribution in [-0.4, -0.2) is 73.7 Å². The van der Waals surface area contributed by atoms with Crippen molar-refractivity contribution in [1.82, 2.24) is 15.1 Å². The van der Waals surface area contributed by atoms with Gasteiger partial charge in [0.2, 0.25) is 5.91 Å². The summed E-state index contributed by atoms with van der Waals surface area (Å²) in [5.41, 5.74) is 0.906. The normalized spacial score (nSPS) is 18.6. The maximum atomic E-state index is 12.4. The van der Waals surface area contributed by atoms with Crippen molar-refractivity contribution in [3.05, 3.63) is 23.8 Å². The lowest BCUT2D eigenvalue weighted by molar-refractivity contribution is -0.121. The second-order valence-electron chi connectivity index (χ2n) is 7.67. The van der Waals surface area contributed by atoms with E-state index in [1.54, 1.807) is 0 Å². The molecule has 6 nitrogen and oxygen atoms in total. The maximum Gasteiger partial charge on any atom is 0.224 e. The molecule has 0 radical (unpaired) electrons. The zero-order chi connectivity index (χ0) is 18.6. The fourth-order valence-corrected chi connectivity index (χ4v) is 3.54. The zero-order valence-electron chi connectivity index (χ0n) is 16.2. The highest BCUT2D eigenvalue weighted by atomic mass is 16.6. The van der Waals surface area contributed by atoms with E-state index in [2.05, 4.69) is 35.9 Å². The number of nitrogens with one attached hydrogen (secondary N) is 1. The summed E-state index contributed by atoms with van der Waals surface area (Å²) in [7, 11) is 0. The molecule has 1 aromatic rings. The number of likely N-dealkylation sites (N-methyl/N-ethyl adjacent to an activating group) is 1. The standard InChI is InChI=1S/C20H31N3O3/c1-4-22-7-9-23(10-8-22)20(2,3)15-21-19(24)14-16-5-6-17-18(13-16)26-12-11-25-17/h5-6,13H,4,7-12,14-15H2,1-3H3,(H,21,24). The molecule has 2 aliphatic heterocycles. The van der Waals surface area contributed by atoms with Crippen LogP contribution in [0.1, 0.15) is 26.3 Å². The minimum Gasteiger partial charge on any atom is -0.486 e. The number of hydrogen-bond acceptors (Lipinski definition) is 5. The first-order valence-corrected chi connectivity index (χ1v) is 9.60. The molecule has 6 heteroatoms. The summed E-state index contributed by atoms with van der Waals surface area (Å²) in [6.07, 6.45) is 0.357. The molecular formula is C20H31N3O3. The molecule has 0 saturated carbocycles. The van der Waals surface area contributed by atoms with Crippen molar-refractivity contribution in [1.29, 1.82) is 0 Å². The Bertz CT molecular complexity index is 625. The van der Waals surface area contributed by atoms with Crippen LogP contribution in [0, 0.1) is 0 Å². The van der Waals surface area contributed by atoms with E-state index in [1.165, 1.54) is 0 Å².